The molecular weight excluding hydrogens is 274 g/mol. The Morgan fingerprint density at radius 2 is 1.90 bits per heavy atom. The molecule has 5 heteroatoms. The minimum absolute atomic E-state index is 0. The van der Waals surface area contributed by atoms with E-state index in [9.17, 15) is 0 Å². The first-order chi connectivity index (χ1) is 8.94. The van der Waals surface area contributed by atoms with Crippen LogP contribution in [0.3, 0.4) is 0 Å². The Hall–Kier alpha value is -0.970. The van der Waals surface area contributed by atoms with Crippen molar-refractivity contribution in [1.29, 1.82) is 0 Å². The summed E-state index contributed by atoms with van der Waals surface area (Å²) in [5, 5.41) is 0. The van der Waals surface area contributed by atoms with Gasteiger partial charge in [0.05, 0.1) is 33.9 Å². The SMILES string of the molecule is C[N+](C)(C)CCOC1CCN(c2ccc(N)cc2)C1.[Cl-]. The van der Waals surface area contributed by atoms with Crippen molar-refractivity contribution in [2.45, 2.75) is 12.5 Å². The van der Waals surface area contributed by atoms with Crippen LogP contribution in [0.4, 0.5) is 11.4 Å². The summed E-state index contributed by atoms with van der Waals surface area (Å²) in [4.78, 5) is 2.37. The molecule has 0 amide bonds. The molecule has 1 aromatic rings. The number of benzene rings is 1. The zero-order valence-corrected chi connectivity index (χ0v) is 13.4. The molecule has 20 heavy (non-hydrogen) atoms. The Morgan fingerprint density at radius 1 is 1.25 bits per heavy atom. The fourth-order valence-electron chi connectivity index (χ4n) is 2.28. The molecule has 1 aliphatic heterocycles. The molecule has 1 atom stereocenters. The lowest BCUT2D eigenvalue weighted by Gasteiger charge is -2.24. The third kappa shape index (κ3) is 5.19. The fraction of sp³-hybridized carbons (Fsp3) is 0.600. The van der Waals surface area contributed by atoms with E-state index in [1.54, 1.807) is 0 Å². The maximum Gasteiger partial charge on any atom is 0.102 e. The van der Waals surface area contributed by atoms with Gasteiger partial charge >= 0.3 is 0 Å². The Labute approximate surface area is 128 Å². The predicted molar refractivity (Wildman–Crippen MR) is 80.3 cm³/mol. The van der Waals surface area contributed by atoms with Gasteiger partial charge in [-0.25, -0.2) is 0 Å². The van der Waals surface area contributed by atoms with Crippen LogP contribution >= 0.6 is 0 Å². The van der Waals surface area contributed by atoms with Crippen LogP contribution in [0.25, 0.3) is 0 Å². The van der Waals surface area contributed by atoms with E-state index in [-0.39, 0.29) is 12.4 Å². The number of nitrogens with two attached hydrogens (primary N) is 1. The van der Waals surface area contributed by atoms with Gasteiger partial charge in [0.1, 0.15) is 6.54 Å². The molecule has 0 aliphatic carbocycles. The van der Waals surface area contributed by atoms with Crippen LogP contribution in [-0.2, 0) is 4.74 Å². The van der Waals surface area contributed by atoms with Crippen molar-refractivity contribution in [3.63, 3.8) is 0 Å². The van der Waals surface area contributed by atoms with E-state index in [4.69, 9.17) is 10.5 Å². The number of rotatable bonds is 5. The van der Waals surface area contributed by atoms with Crippen molar-refractivity contribution in [1.82, 2.24) is 0 Å². The lowest BCUT2D eigenvalue weighted by molar-refractivity contribution is -0.870. The Kier molecular flexibility index (Phi) is 6.11. The second-order valence-corrected chi connectivity index (χ2v) is 6.33. The maximum absolute atomic E-state index is 5.97. The summed E-state index contributed by atoms with van der Waals surface area (Å²) < 4.78 is 6.93. The van der Waals surface area contributed by atoms with E-state index in [1.165, 1.54) is 5.69 Å². The third-order valence-electron chi connectivity index (χ3n) is 3.52. The molecular formula is C15H26ClN3O. The lowest BCUT2D eigenvalue weighted by atomic mass is 10.2. The van der Waals surface area contributed by atoms with Crippen LogP contribution in [-0.4, -0.2) is 58.0 Å². The van der Waals surface area contributed by atoms with Crippen molar-refractivity contribution in [2.75, 3.05) is 58.0 Å². The van der Waals surface area contributed by atoms with Crippen LogP contribution in [0, 0.1) is 0 Å². The average molecular weight is 300 g/mol. The molecule has 0 spiro atoms. The van der Waals surface area contributed by atoms with Gasteiger partial charge in [-0.2, -0.15) is 0 Å². The summed E-state index contributed by atoms with van der Waals surface area (Å²) >= 11 is 0. The van der Waals surface area contributed by atoms with Gasteiger partial charge in [0.25, 0.3) is 0 Å². The number of likely N-dealkylation sites (N-methyl/N-ethyl adjacent to an activating group) is 1. The van der Waals surface area contributed by atoms with E-state index in [1.807, 2.05) is 12.1 Å². The molecule has 2 rings (SSSR count). The number of nitrogen functional groups attached to an aromatic ring is 1. The van der Waals surface area contributed by atoms with E-state index in [2.05, 4.69) is 38.2 Å². The average Bonchev–Trinajstić information content (AvgIpc) is 2.77. The van der Waals surface area contributed by atoms with Crippen molar-refractivity contribution < 1.29 is 21.6 Å². The minimum atomic E-state index is 0. The van der Waals surface area contributed by atoms with E-state index >= 15 is 0 Å². The van der Waals surface area contributed by atoms with Gasteiger partial charge in [0, 0.05) is 24.5 Å². The van der Waals surface area contributed by atoms with Gasteiger partial charge < -0.3 is 32.3 Å². The Morgan fingerprint density at radius 3 is 2.50 bits per heavy atom. The third-order valence-corrected chi connectivity index (χ3v) is 3.52. The number of hydrogen-bond donors (Lipinski definition) is 1. The molecule has 0 bridgehead atoms. The number of nitrogens with zero attached hydrogens (tertiary/aromatic N) is 2. The van der Waals surface area contributed by atoms with E-state index < -0.39 is 0 Å². The molecule has 1 saturated heterocycles. The van der Waals surface area contributed by atoms with Crippen molar-refractivity contribution >= 4 is 11.4 Å². The highest BCUT2D eigenvalue weighted by atomic mass is 35.5. The van der Waals surface area contributed by atoms with E-state index in [0.29, 0.717) is 6.10 Å². The molecule has 0 saturated carbocycles. The molecule has 1 aliphatic rings. The smallest absolute Gasteiger partial charge is 0.102 e. The van der Waals surface area contributed by atoms with Gasteiger partial charge in [-0.05, 0) is 30.7 Å². The number of halogens is 1. The van der Waals surface area contributed by atoms with Crippen LogP contribution < -0.4 is 23.0 Å². The van der Waals surface area contributed by atoms with Crippen molar-refractivity contribution in [2.24, 2.45) is 0 Å². The Balaban J connectivity index is 0.00000200. The summed E-state index contributed by atoms with van der Waals surface area (Å²) in [6, 6.07) is 8.09. The monoisotopic (exact) mass is 299 g/mol. The quantitative estimate of drug-likeness (QED) is 0.535. The molecule has 4 nitrogen and oxygen atoms in total. The van der Waals surface area contributed by atoms with Gasteiger partial charge in [-0.1, -0.05) is 0 Å². The van der Waals surface area contributed by atoms with Gasteiger partial charge in [0.2, 0.25) is 0 Å². The highest BCUT2D eigenvalue weighted by Gasteiger charge is 2.23. The molecule has 114 valence electrons. The summed E-state index contributed by atoms with van der Waals surface area (Å²) in [5.74, 6) is 0. The van der Waals surface area contributed by atoms with Crippen LogP contribution in [0.15, 0.2) is 24.3 Å². The summed E-state index contributed by atoms with van der Waals surface area (Å²) in [7, 11) is 6.58. The molecule has 1 heterocycles. The second-order valence-electron chi connectivity index (χ2n) is 6.33. The van der Waals surface area contributed by atoms with Crippen LogP contribution in [0.1, 0.15) is 6.42 Å². The molecule has 0 radical (unpaired) electrons. The fourth-order valence-corrected chi connectivity index (χ4v) is 2.28. The molecule has 0 aromatic heterocycles. The molecule has 1 fully saturated rings. The normalized spacial score (nSPS) is 18.9. The highest BCUT2D eigenvalue weighted by Crippen LogP contribution is 2.22. The van der Waals surface area contributed by atoms with Crippen molar-refractivity contribution in [3.05, 3.63) is 24.3 Å². The molecule has 2 N–H and O–H groups in total. The van der Waals surface area contributed by atoms with Crippen LogP contribution in [0.5, 0.6) is 0 Å². The Bertz CT molecular complexity index is 403. The topological polar surface area (TPSA) is 38.5 Å². The predicted octanol–water partition coefficient (Wildman–Crippen LogP) is -1.43. The molecule has 1 aromatic carbocycles. The van der Waals surface area contributed by atoms with Gasteiger partial charge in [-0.3, -0.25) is 0 Å². The van der Waals surface area contributed by atoms with Gasteiger partial charge in [-0.15, -0.1) is 0 Å². The van der Waals surface area contributed by atoms with Gasteiger partial charge in [0.15, 0.2) is 0 Å². The number of ether oxygens (including phenoxy) is 1. The molecule has 1 unspecified atom stereocenters. The number of hydrogen-bond acceptors (Lipinski definition) is 3. The first-order valence-corrected chi connectivity index (χ1v) is 6.96. The lowest BCUT2D eigenvalue weighted by Crippen LogP contribution is -3.00. The zero-order valence-electron chi connectivity index (χ0n) is 12.7. The maximum atomic E-state index is 5.97. The largest absolute Gasteiger partial charge is 1.00 e. The summed E-state index contributed by atoms with van der Waals surface area (Å²) in [6.45, 7) is 3.95. The summed E-state index contributed by atoms with van der Waals surface area (Å²) in [6.07, 6.45) is 1.48. The summed E-state index contributed by atoms with van der Waals surface area (Å²) in [5.41, 5.74) is 7.77. The minimum Gasteiger partial charge on any atom is -1.00 e. The standard InChI is InChI=1S/C15H26N3O.ClH/c1-18(2,3)10-11-19-15-8-9-17(12-15)14-6-4-13(16)5-7-14;/h4-7,15H,8-12,16H2,1-3H3;1H/q+1;/p-1. The first-order valence-electron chi connectivity index (χ1n) is 6.96. The number of anilines is 2. The highest BCUT2D eigenvalue weighted by molar-refractivity contribution is 5.53. The first kappa shape index (κ1) is 17.1. The second kappa shape index (κ2) is 7.16. The zero-order chi connectivity index (χ0) is 13.9. The van der Waals surface area contributed by atoms with Crippen molar-refractivity contribution in [3.8, 4) is 0 Å². The number of quaternary nitrogens is 1. The van der Waals surface area contributed by atoms with Crippen LogP contribution in [0.2, 0.25) is 0 Å². The van der Waals surface area contributed by atoms with E-state index in [0.717, 1.165) is 42.8 Å².